The molecule has 1 saturated heterocycles. The van der Waals surface area contributed by atoms with Gasteiger partial charge in [-0.25, -0.2) is 9.78 Å². The van der Waals surface area contributed by atoms with Gasteiger partial charge in [0, 0.05) is 37.4 Å². The Morgan fingerprint density at radius 3 is 2.23 bits per heavy atom. The zero-order chi connectivity index (χ0) is 24.8. The molecule has 182 valence electrons. The molecule has 0 radical (unpaired) electrons. The molecule has 0 spiro atoms. The van der Waals surface area contributed by atoms with Gasteiger partial charge in [-0.1, -0.05) is 32.0 Å². The number of nitrogens with zero attached hydrogens (tertiary/aromatic N) is 3. The summed E-state index contributed by atoms with van der Waals surface area (Å²) in [6, 6.07) is 18.4. The van der Waals surface area contributed by atoms with E-state index in [2.05, 4.69) is 34.4 Å². The highest BCUT2D eigenvalue weighted by Crippen LogP contribution is 2.20. The van der Waals surface area contributed by atoms with Gasteiger partial charge in [-0.15, -0.1) is 0 Å². The fraction of sp³-hybridized carbons (Fsp3) is 0.296. The highest BCUT2D eigenvalue weighted by molar-refractivity contribution is 5.99. The van der Waals surface area contributed by atoms with Gasteiger partial charge in [0.25, 0.3) is 5.91 Å². The van der Waals surface area contributed by atoms with Crippen LogP contribution in [0.2, 0.25) is 0 Å². The molecule has 3 amide bonds. The number of methoxy groups -OCH3 is 1. The highest BCUT2D eigenvalue weighted by Gasteiger charge is 2.23. The first kappa shape index (κ1) is 24.1. The second-order valence-electron chi connectivity index (χ2n) is 8.77. The van der Waals surface area contributed by atoms with Gasteiger partial charge in [-0.05, 0) is 53.9 Å². The van der Waals surface area contributed by atoms with Crippen molar-refractivity contribution in [2.45, 2.75) is 19.8 Å². The first-order valence-electron chi connectivity index (χ1n) is 11.8. The maximum atomic E-state index is 12.8. The number of benzene rings is 2. The third-order valence-corrected chi connectivity index (χ3v) is 6.05. The van der Waals surface area contributed by atoms with E-state index in [-0.39, 0.29) is 11.9 Å². The highest BCUT2D eigenvalue weighted by atomic mass is 16.5. The van der Waals surface area contributed by atoms with Crippen LogP contribution in [0.1, 0.15) is 35.7 Å². The Kier molecular flexibility index (Phi) is 7.50. The van der Waals surface area contributed by atoms with Crippen LogP contribution in [0.3, 0.4) is 0 Å². The van der Waals surface area contributed by atoms with E-state index >= 15 is 0 Å². The standard InChI is InChI=1S/C27H31N5O3/c1-19(2)20-7-9-22(10-8-20)29-27(34)30-23-11-12-25(28-18-23)31-13-15-32(16-14-31)26(33)21-5-4-6-24(17-21)35-3/h4-12,17-19H,13-16H2,1-3H3,(H2,29,30,34). The summed E-state index contributed by atoms with van der Waals surface area (Å²) < 4.78 is 5.23. The molecule has 1 aromatic heterocycles. The molecule has 3 aromatic rings. The summed E-state index contributed by atoms with van der Waals surface area (Å²) in [4.78, 5) is 33.7. The van der Waals surface area contributed by atoms with Crippen LogP contribution in [0, 0.1) is 0 Å². The maximum Gasteiger partial charge on any atom is 0.323 e. The third-order valence-electron chi connectivity index (χ3n) is 6.05. The van der Waals surface area contributed by atoms with Gasteiger partial charge in [0.15, 0.2) is 0 Å². The molecule has 0 aliphatic carbocycles. The number of urea groups is 1. The molecule has 0 atom stereocenters. The Hall–Kier alpha value is -4.07. The second kappa shape index (κ2) is 10.9. The van der Waals surface area contributed by atoms with Crippen LogP contribution in [0.15, 0.2) is 66.9 Å². The summed E-state index contributed by atoms with van der Waals surface area (Å²) in [5.74, 6) is 1.93. The lowest BCUT2D eigenvalue weighted by Gasteiger charge is -2.35. The molecule has 35 heavy (non-hydrogen) atoms. The van der Waals surface area contributed by atoms with Gasteiger partial charge >= 0.3 is 6.03 Å². The van der Waals surface area contributed by atoms with Crippen LogP contribution in [-0.2, 0) is 0 Å². The van der Waals surface area contributed by atoms with E-state index in [1.807, 2.05) is 53.4 Å². The molecule has 1 aliphatic rings. The second-order valence-corrected chi connectivity index (χ2v) is 8.77. The minimum absolute atomic E-state index is 0.000847. The number of hydrogen-bond acceptors (Lipinski definition) is 5. The first-order valence-corrected chi connectivity index (χ1v) is 11.8. The fourth-order valence-corrected chi connectivity index (χ4v) is 3.97. The van der Waals surface area contributed by atoms with Crippen molar-refractivity contribution in [2.24, 2.45) is 0 Å². The van der Waals surface area contributed by atoms with Gasteiger partial charge < -0.3 is 25.2 Å². The van der Waals surface area contributed by atoms with Gasteiger partial charge in [0.2, 0.25) is 0 Å². The number of pyridine rings is 1. The predicted molar refractivity (Wildman–Crippen MR) is 139 cm³/mol. The lowest BCUT2D eigenvalue weighted by Crippen LogP contribution is -2.49. The fourth-order valence-electron chi connectivity index (χ4n) is 3.97. The largest absolute Gasteiger partial charge is 0.497 e. The molecule has 0 saturated carbocycles. The van der Waals surface area contributed by atoms with E-state index in [0.29, 0.717) is 49.1 Å². The number of carbonyl (C=O) groups excluding carboxylic acids is 2. The number of amides is 3. The van der Waals surface area contributed by atoms with Gasteiger partial charge in [-0.2, -0.15) is 0 Å². The molecule has 0 bridgehead atoms. The van der Waals surface area contributed by atoms with Crippen molar-refractivity contribution in [1.82, 2.24) is 9.88 Å². The normalized spacial score (nSPS) is 13.5. The van der Waals surface area contributed by atoms with Crippen molar-refractivity contribution >= 4 is 29.1 Å². The van der Waals surface area contributed by atoms with Crippen molar-refractivity contribution in [3.8, 4) is 5.75 Å². The average Bonchev–Trinajstić information content (AvgIpc) is 2.89. The van der Waals surface area contributed by atoms with Crippen LogP contribution < -0.4 is 20.3 Å². The zero-order valence-electron chi connectivity index (χ0n) is 20.3. The van der Waals surface area contributed by atoms with Crippen LogP contribution in [-0.4, -0.2) is 55.1 Å². The number of carbonyl (C=O) groups is 2. The summed E-state index contributed by atoms with van der Waals surface area (Å²) in [6.45, 7) is 6.84. The van der Waals surface area contributed by atoms with Crippen molar-refractivity contribution in [1.29, 1.82) is 0 Å². The van der Waals surface area contributed by atoms with Crippen molar-refractivity contribution < 1.29 is 14.3 Å². The molecule has 2 heterocycles. The lowest BCUT2D eigenvalue weighted by atomic mass is 10.0. The number of hydrogen-bond donors (Lipinski definition) is 2. The molecule has 4 rings (SSSR count). The van der Waals surface area contributed by atoms with Crippen LogP contribution >= 0.6 is 0 Å². The van der Waals surface area contributed by atoms with Gasteiger partial charge in [0.1, 0.15) is 11.6 Å². The number of nitrogens with one attached hydrogen (secondary N) is 2. The molecular formula is C27H31N5O3. The number of piperazine rings is 1. The van der Waals surface area contributed by atoms with Crippen molar-refractivity contribution in [3.63, 3.8) is 0 Å². The van der Waals surface area contributed by atoms with Gasteiger partial charge in [0.05, 0.1) is 19.0 Å². The van der Waals surface area contributed by atoms with E-state index < -0.39 is 0 Å². The summed E-state index contributed by atoms with van der Waals surface area (Å²) in [6.07, 6.45) is 1.64. The maximum absolute atomic E-state index is 12.8. The molecule has 1 aliphatic heterocycles. The van der Waals surface area contributed by atoms with Crippen LogP contribution in [0.4, 0.5) is 22.0 Å². The van der Waals surface area contributed by atoms with Crippen molar-refractivity contribution in [3.05, 3.63) is 78.0 Å². The van der Waals surface area contributed by atoms with E-state index in [1.165, 1.54) is 5.56 Å². The Morgan fingerprint density at radius 2 is 1.60 bits per heavy atom. The predicted octanol–water partition coefficient (Wildman–Crippen LogP) is 4.82. The molecular weight excluding hydrogens is 442 g/mol. The summed E-state index contributed by atoms with van der Waals surface area (Å²) in [5, 5.41) is 5.65. The topological polar surface area (TPSA) is 86.8 Å². The van der Waals surface area contributed by atoms with Crippen LogP contribution in [0.5, 0.6) is 5.75 Å². The number of ether oxygens (including phenoxy) is 1. The minimum Gasteiger partial charge on any atom is -0.497 e. The zero-order valence-corrected chi connectivity index (χ0v) is 20.3. The van der Waals surface area contributed by atoms with E-state index in [4.69, 9.17) is 4.74 Å². The smallest absolute Gasteiger partial charge is 0.323 e. The molecule has 2 N–H and O–H groups in total. The molecule has 8 heteroatoms. The first-order chi connectivity index (χ1) is 16.9. The third kappa shape index (κ3) is 6.09. The monoisotopic (exact) mass is 473 g/mol. The van der Waals surface area contributed by atoms with Gasteiger partial charge in [-0.3, -0.25) is 4.79 Å². The Morgan fingerprint density at radius 1 is 0.914 bits per heavy atom. The Bertz CT molecular complexity index is 1150. The Balaban J connectivity index is 1.28. The molecule has 0 unspecified atom stereocenters. The Labute approximate surface area is 205 Å². The lowest BCUT2D eigenvalue weighted by molar-refractivity contribution is 0.0746. The molecule has 2 aromatic carbocycles. The summed E-state index contributed by atoms with van der Waals surface area (Å²) >= 11 is 0. The SMILES string of the molecule is COc1cccc(C(=O)N2CCN(c3ccc(NC(=O)Nc4ccc(C(C)C)cc4)cn3)CC2)c1. The number of anilines is 3. The quantitative estimate of drug-likeness (QED) is 0.536. The van der Waals surface area contributed by atoms with Crippen molar-refractivity contribution in [2.75, 3.05) is 48.8 Å². The average molecular weight is 474 g/mol. The number of aromatic nitrogens is 1. The van der Waals surface area contributed by atoms with E-state index in [1.54, 1.807) is 25.4 Å². The van der Waals surface area contributed by atoms with Crippen LogP contribution in [0.25, 0.3) is 0 Å². The molecule has 1 fully saturated rings. The molecule has 8 nitrogen and oxygen atoms in total. The number of rotatable bonds is 6. The van der Waals surface area contributed by atoms with E-state index in [0.717, 1.165) is 11.5 Å². The minimum atomic E-state index is -0.318. The summed E-state index contributed by atoms with van der Waals surface area (Å²) in [5.41, 5.74) is 3.19. The van der Waals surface area contributed by atoms with E-state index in [9.17, 15) is 9.59 Å². The summed E-state index contributed by atoms with van der Waals surface area (Å²) in [7, 11) is 1.59.